The fraction of sp³-hybridized carbons (Fsp3) is 0.167. The third-order valence-electron chi connectivity index (χ3n) is 3.25. The van der Waals surface area contributed by atoms with E-state index in [1.165, 1.54) is 22.2 Å². The molecule has 2 aromatic heterocycles. The number of nitrogens with zero attached hydrogens (tertiary/aromatic N) is 5. The SMILES string of the molecule is Cn1c(=O)c(Cc2ccccc2[N+](=O)[O-])nn2c(=S)[nH]nc12. The zero-order valence-corrected chi connectivity index (χ0v) is 12.2. The van der Waals surface area contributed by atoms with Gasteiger partial charge in [-0.1, -0.05) is 18.2 Å². The molecular formula is C12H10N6O3S. The first-order valence-electron chi connectivity index (χ1n) is 6.24. The van der Waals surface area contributed by atoms with Gasteiger partial charge in [-0.25, -0.2) is 5.10 Å². The van der Waals surface area contributed by atoms with Crippen molar-refractivity contribution < 1.29 is 4.92 Å². The van der Waals surface area contributed by atoms with Crippen molar-refractivity contribution in [3.8, 4) is 0 Å². The van der Waals surface area contributed by atoms with Crippen LogP contribution in [0.4, 0.5) is 5.69 Å². The van der Waals surface area contributed by atoms with E-state index < -0.39 is 4.92 Å². The van der Waals surface area contributed by atoms with Gasteiger partial charge >= 0.3 is 0 Å². The van der Waals surface area contributed by atoms with Gasteiger partial charge in [0, 0.05) is 25.1 Å². The van der Waals surface area contributed by atoms with Crippen LogP contribution in [0.3, 0.4) is 0 Å². The van der Waals surface area contributed by atoms with Gasteiger partial charge in [0.25, 0.3) is 17.0 Å². The first-order valence-corrected chi connectivity index (χ1v) is 6.65. The van der Waals surface area contributed by atoms with Crippen molar-refractivity contribution in [1.29, 1.82) is 0 Å². The standard InChI is InChI=1S/C12H10N6O3S/c1-16-10(19)8(15-17-11(16)13-14-12(17)22)6-7-4-2-3-5-9(7)18(20)21/h2-5H,6H2,1H3,(H,14,22). The van der Waals surface area contributed by atoms with Crippen LogP contribution in [0.5, 0.6) is 0 Å². The van der Waals surface area contributed by atoms with Crippen molar-refractivity contribution in [2.24, 2.45) is 7.05 Å². The van der Waals surface area contributed by atoms with Crippen molar-refractivity contribution in [1.82, 2.24) is 24.4 Å². The van der Waals surface area contributed by atoms with E-state index in [2.05, 4.69) is 15.3 Å². The summed E-state index contributed by atoms with van der Waals surface area (Å²) in [4.78, 5) is 22.9. The van der Waals surface area contributed by atoms with Gasteiger partial charge in [0.2, 0.25) is 4.77 Å². The Labute approximate surface area is 128 Å². The second-order valence-electron chi connectivity index (χ2n) is 4.61. The molecule has 0 bridgehead atoms. The van der Waals surface area contributed by atoms with Gasteiger partial charge in [0.1, 0.15) is 5.69 Å². The number of rotatable bonds is 3. The maximum atomic E-state index is 12.3. The number of benzene rings is 1. The van der Waals surface area contributed by atoms with Gasteiger partial charge in [-0.2, -0.15) is 9.61 Å². The third kappa shape index (κ3) is 2.19. The molecule has 1 aromatic carbocycles. The Bertz CT molecular complexity index is 1000. The Morgan fingerprint density at radius 3 is 2.86 bits per heavy atom. The maximum absolute atomic E-state index is 12.3. The van der Waals surface area contributed by atoms with Gasteiger partial charge in [-0.15, -0.1) is 5.10 Å². The van der Waals surface area contributed by atoms with Gasteiger partial charge in [-0.05, 0) is 12.2 Å². The minimum absolute atomic E-state index is 0.0344. The topological polar surface area (TPSA) is 111 Å². The van der Waals surface area contributed by atoms with Gasteiger partial charge in [0.05, 0.1) is 4.92 Å². The predicted molar refractivity (Wildman–Crippen MR) is 79.3 cm³/mol. The lowest BCUT2D eigenvalue weighted by atomic mass is 10.1. The molecule has 1 N–H and O–H groups in total. The van der Waals surface area contributed by atoms with E-state index in [1.54, 1.807) is 18.2 Å². The summed E-state index contributed by atoms with van der Waals surface area (Å²) < 4.78 is 2.86. The van der Waals surface area contributed by atoms with Crippen LogP contribution < -0.4 is 5.56 Å². The summed E-state index contributed by atoms with van der Waals surface area (Å²) in [7, 11) is 1.54. The number of hydrogen-bond acceptors (Lipinski definition) is 6. The Morgan fingerprint density at radius 1 is 1.41 bits per heavy atom. The number of aryl methyl sites for hydroxylation is 1. The number of H-pyrrole nitrogens is 1. The van der Waals surface area contributed by atoms with Crippen molar-refractivity contribution in [2.45, 2.75) is 6.42 Å². The lowest BCUT2D eigenvalue weighted by molar-refractivity contribution is -0.385. The predicted octanol–water partition coefficient (Wildman–Crippen LogP) is 0.985. The smallest absolute Gasteiger partial charge is 0.276 e. The van der Waals surface area contributed by atoms with E-state index >= 15 is 0 Å². The molecule has 0 spiro atoms. The zero-order valence-electron chi connectivity index (χ0n) is 11.4. The van der Waals surface area contributed by atoms with Crippen molar-refractivity contribution in [2.75, 3.05) is 0 Å². The molecule has 0 amide bonds. The van der Waals surface area contributed by atoms with Crippen molar-refractivity contribution in [3.63, 3.8) is 0 Å². The summed E-state index contributed by atoms with van der Waals surface area (Å²) in [5.74, 6) is 0.279. The van der Waals surface area contributed by atoms with Crippen LogP contribution >= 0.6 is 12.2 Å². The molecule has 0 unspecified atom stereocenters. The Morgan fingerprint density at radius 2 is 2.14 bits per heavy atom. The molecule has 0 aliphatic rings. The quantitative estimate of drug-likeness (QED) is 0.438. The van der Waals surface area contributed by atoms with E-state index in [0.29, 0.717) is 5.56 Å². The number of aromatic amines is 1. The molecule has 3 aromatic rings. The first-order chi connectivity index (χ1) is 10.5. The Kier molecular flexibility index (Phi) is 3.29. The molecular weight excluding hydrogens is 308 g/mol. The van der Waals surface area contributed by atoms with E-state index in [9.17, 15) is 14.9 Å². The minimum atomic E-state index is -0.484. The summed E-state index contributed by atoms with van der Waals surface area (Å²) >= 11 is 5.04. The van der Waals surface area contributed by atoms with Gasteiger partial charge in [-0.3, -0.25) is 19.5 Å². The molecule has 0 saturated heterocycles. The molecule has 0 saturated carbocycles. The highest BCUT2D eigenvalue weighted by atomic mass is 32.1. The van der Waals surface area contributed by atoms with E-state index in [1.807, 2.05) is 0 Å². The zero-order chi connectivity index (χ0) is 15.9. The molecule has 0 aliphatic carbocycles. The van der Waals surface area contributed by atoms with Crippen LogP contribution in [-0.4, -0.2) is 29.3 Å². The number of para-hydroxylation sites is 1. The summed E-state index contributed by atoms with van der Waals surface area (Å²) in [6.45, 7) is 0. The molecule has 9 nitrogen and oxygen atoms in total. The second-order valence-corrected chi connectivity index (χ2v) is 5.00. The fourth-order valence-electron chi connectivity index (χ4n) is 2.17. The summed E-state index contributed by atoms with van der Waals surface area (Å²) in [6.07, 6.45) is 0.0344. The van der Waals surface area contributed by atoms with Crippen LogP contribution in [0, 0.1) is 14.9 Å². The highest BCUT2D eigenvalue weighted by molar-refractivity contribution is 7.71. The van der Waals surface area contributed by atoms with Crippen molar-refractivity contribution in [3.05, 3.63) is 60.8 Å². The van der Waals surface area contributed by atoms with Crippen LogP contribution in [0.1, 0.15) is 11.3 Å². The number of hydrogen-bond donors (Lipinski definition) is 1. The van der Waals surface area contributed by atoms with Crippen LogP contribution in [0.25, 0.3) is 5.78 Å². The molecule has 2 heterocycles. The molecule has 0 aliphatic heterocycles. The number of fused-ring (bicyclic) bond motifs is 1. The number of nitro groups is 1. The Balaban J connectivity index is 2.18. The average molecular weight is 318 g/mol. The largest absolute Gasteiger partial charge is 0.277 e. The number of aromatic nitrogens is 5. The maximum Gasteiger partial charge on any atom is 0.276 e. The minimum Gasteiger partial charge on any atom is -0.277 e. The molecule has 3 rings (SSSR count). The van der Waals surface area contributed by atoms with Crippen LogP contribution in [0.2, 0.25) is 0 Å². The molecule has 0 atom stereocenters. The number of nitro benzene ring substituents is 1. The second kappa shape index (κ2) is 5.15. The molecule has 10 heteroatoms. The lowest BCUT2D eigenvalue weighted by Gasteiger charge is -2.05. The third-order valence-corrected chi connectivity index (χ3v) is 3.52. The number of nitrogens with one attached hydrogen (secondary N) is 1. The molecule has 22 heavy (non-hydrogen) atoms. The average Bonchev–Trinajstić information content (AvgIpc) is 2.86. The van der Waals surface area contributed by atoms with E-state index in [0.717, 1.165) is 0 Å². The fourth-order valence-corrected chi connectivity index (χ4v) is 2.34. The molecule has 0 fully saturated rings. The van der Waals surface area contributed by atoms with Crippen LogP contribution in [0.15, 0.2) is 29.1 Å². The van der Waals surface area contributed by atoms with Crippen molar-refractivity contribution >= 4 is 23.7 Å². The van der Waals surface area contributed by atoms with E-state index in [-0.39, 0.29) is 33.9 Å². The highest BCUT2D eigenvalue weighted by Crippen LogP contribution is 2.19. The molecule has 112 valence electrons. The monoisotopic (exact) mass is 318 g/mol. The van der Waals surface area contributed by atoms with E-state index in [4.69, 9.17) is 12.2 Å². The summed E-state index contributed by atoms with van der Waals surface area (Å²) in [5, 5.41) is 21.7. The highest BCUT2D eigenvalue weighted by Gasteiger charge is 2.17. The lowest BCUT2D eigenvalue weighted by Crippen LogP contribution is -2.26. The van der Waals surface area contributed by atoms with Gasteiger partial charge in [0.15, 0.2) is 0 Å². The normalized spacial score (nSPS) is 11.0. The molecule has 0 radical (unpaired) electrons. The van der Waals surface area contributed by atoms with Gasteiger partial charge < -0.3 is 0 Å². The summed E-state index contributed by atoms with van der Waals surface area (Å²) in [5.41, 5.74) is 0.134. The Hall–Kier alpha value is -2.88. The summed E-state index contributed by atoms with van der Waals surface area (Å²) in [6, 6.07) is 6.23. The first kappa shape index (κ1) is 14.1. The van der Waals surface area contributed by atoms with Crippen LogP contribution in [-0.2, 0) is 13.5 Å².